The molecule has 1 fully saturated rings. The predicted molar refractivity (Wildman–Crippen MR) is 73.2 cm³/mol. The van der Waals surface area contributed by atoms with Crippen LogP contribution in [0.2, 0.25) is 5.02 Å². The van der Waals surface area contributed by atoms with E-state index < -0.39 is 0 Å². The number of halogens is 1. The summed E-state index contributed by atoms with van der Waals surface area (Å²) in [5.74, 6) is 3.53. The number of hydrogen-bond donors (Lipinski definition) is 1. The smallest absolute Gasteiger partial charge is 0.0450 e. The first-order valence-electron chi connectivity index (χ1n) is 5.88. The van der Waals surface area contributed by atoms with E-state index in [1.54, 1.807) is 0 Å². The Hall–Kier alpha value is -0.180. The van der Waals surface area contributed by atoms with Crippen molar-refractivity contribution in [2.24, 2.45) is 5.92 Å². The predicted octanol–water partition coefficient (Wildman–Crippen LogP) is 3.57. The molecule has 1 nitrogen and oxygen atoms in total. The Morgan fingerprint density at radius 3 is 2.75 bits per heavy atom. The maximum Gasteiger partial charge on any atom is 0.0450 e. The van der Waals surface area contributed by atoms with E-state index in [9.17, 15) is 0 Å². The standard InChI is InChI=1S/C13H18ClNS/c14-13-4-2-1-3-12(13)10-15-9-11-5-7-16-8-6-11/h1-4,11,15H,5-10H2. The molecule has 0 unspecified atom stereocenters. The zero-order chi connectivity index (χ0) is 11.2. The molecule has 1 N–H and O–H groups in total. The Labute approximate surface area is 107 Å². The van der Waals surface area contributed by atoms with Gasteiger partial charge in [-0.2, -0.15) is 11.8 Å². The lowest BCUT2D eigenvalue weighted by Gasteiger charge is -2.21. The molecule has 1 aliphatic heterocycles. The van der Waals surface area contributed by atoms with Crippen molar-refractivity contribution in [2.45, 2.75) is 19.4 Å². The van der Waals surface area contributed by atoms with E-state index >= 15 is 0 Å². The van der Waals surface area contributed by atoms with Crippen LogP contribution in [0.1, 0.15) is 18.4 Å². The Balaban J connectivity index is 1.73. The van der Waals surface area contributed by atoms with Crippen LogP contribution in [0.15, 0.2) is 24.3 Å². The molecule has 0 spiro atoms. The van der Waals surface area contributed by atoms with Crippen molar-refractivity contribution in [1.82, 2.24) is 5.32 Å². The third kappa shape index (κ3) is 3.69. The lowest BCUT2D eigenvalue weighted by Crippen LogP contribution is -2.25. The van der Waals surface area contributed by atoms with Crippen molar-refractivity contribution < 1.29 is 0 Å². The average Bonchev–Trinajstić information content (AvgIpc) is 2.33. The molecule has 0 atom stereocenters. The molecule has 1 aromatic carbocycles. The zero-order valence-corrected chi connectivity index (χ0v) is 11.0. The van der Waals surface area contributed by atoms with Crippen LogP contribution in [0.25, 0.3) is 0 Å². The summed E-state index contributed by atoms with van der Waals surface area (Å²) in [6.07, 6.45) is 2.72. The second kappa shape index (κ2) is 6.53. The molecule has 0 amide bonds. The van der Waals surface area contributed by atoms with Gasteiger partial charge in [-0.1, -0.05) is 29.8 Å². The van der Waals surface area contributed by atoms with Gasteiger partial charge in [-0.25, -0.2) is 0 Å². The highest BCUT2D eigenvalue weighted by atomic mass is 35.5. The summed E-state index contributed by atoms with van der Waals surface area (Å²) in [6, 6.07) is 8.06. The Morgan fingerprint density at radius 1 is 1.25 bits per heavy atom. The highest BCUT2D eigenvalue weighted by Gasteiger charge is 2.12. The van der Waals surface area contributed by atoms with E-state index in [1.807, 2.05) is 18.2 Å². The van der Waals surface area contributed by atoms with Gasteiger partial charge in [0.1, 0.15) is 0 Å². The molecular weight excluding hydrogens is 238 g/mol. The summed E-state index contributed by atoms with van der Waals surface area (Å²) >= 11 is 8.18. The first-order chi connectivity index (χ1) is 7.86. The third-order valence-corrected chi connectivity index (χ3v) is 4.46. The van der Waals surface area contributed by atoms with Crippen molar-refractivity contribution >= 4 is 23.4 Å². The van der Waals surface area contributed by atoms with Gasteiger partial charge in [-0.05, 0) is 48.4 Å². The first-order valence-corrected chi connectivity index (χ1v) is 7.41. The molecule has 0 aliphatic carbocycles. The second-order valence-electron chi connectivity index (χ2n) is 4.28. The van der Waals surface area contributed by atoms with Crippen LogP contribution in [0.5, 0.6) is 0 Å². The van der Waals surface area contributed by atoms with Crippen LogP contribution < -0.4 is 5.32 Å². The molecule has 0 aromatic heterocycles. The SMILES string of the molecule is Clc1ccccc1CNCC1CCSCC1. The molecular formula is C13H18ClNS. The minimum absolute atomic E-state index is 0.865. The monoisotopic (exact) mass is 255 g/mol. The zero-order valence-electron chi connectivity index (χ0n) is 9.42. The van der Waals surface area contributed by atoms with Crippen molar-refractivity contribution in [1.29, 1.82) is 0 Å². The number of rotatable bonds is 4. The van der Waals surface area contributed by atoms with E-state index in [1.165, 1.54) is 29.9 Å². The molecule has 88 valence electrons. The summed E-state index contributed by atoms with van der Waals surface area (Å²) < 4.78 is 0. The van der Waals surface area contributed by atoms with Gasteiger partial charge >= 0.3 is 0 Å². The van der Waals surface area contributed by atoms with Crippen LogP contribution in [-0.4, -0.2) is 18.1 Å². The minimum atomic E-state index is 0.865. The molecule has 1 heterocycles. The van der Waals surface area contributed by atoms with Crippen molar-refractivity contribution in [2.75, 3.05) is 18.1 Å². The van der Waals surface area contributed by atoms with Gasteiger partial charge in [0, 0.05) is 11.6 Å². The highest BCUT2D eigenvalue weighted by Crippen LogP contribution is 2.22. The summed E-state index contributed by atoms with van der Waals surface area (Å²) in [7, 11) is 0. The van der Waals surface area contributed by atoms with Gasteiger partial charge in [0.05, 0.1) is 0 Å². The maximum absolute atomic E-state index is 6.10. The summed E-state index contributed by atoms with van der Waals surface area (Å²) in [5, 5.41) is 4.39. The fourth-order valence-electron chi connectivity index (χ4n) is 2.00. The molecule has 1 aromatic rings. The number of benzene rings is 1. The van der Waals surface area contributed by atoms with Crippen LogP contribution in [0.3, 0.4) is 0 Å². The average molecular weight is 256 g/mol. The molecule has 2 rings (SSSR count). The number of thioether (sulfide) groups is 1. The molecule has 16 heavy (non-hydrogen) atoms. The topological polar surface area (TPSA) is 12.0 Å². The van der Waals surface area contributed by atoms with Gasteiger partial charge in [0.2, 0.25) is 0 Å². The van der Waals surface area contributed by atoms with Crippen molar-refractivity contribution in [3.05, 3.63) is 34.9 Å². The summed E-state index contributed by atoms with van der Waals surface area (Å²) in [5.41, 5.74) is 1.20. The van der Waals surface area contributed by atoms with Gasteiger partial charge in [-0.3, -0.25) is 0 Å². The van der Waals surface area contributed by atoms with E-state index in [-0.39, 0.29) is 0 Å². The number of nitrogens with one attached hydrogen (secondary N) is 1. The quantitative estimate of drug-likeness (QED) is 0.883. The van der Waals surface area contributed by atoms with E-state index in [0.29, 0.717) is 0 Å². The molecule has 0 bridgehead atoms. The summed E-state index contributed by atoms with van der Waals surface area (Å²) in [6.45, 7) is 2.02. The molecule has 3 heteroatoms. The summed E-state index contributed by atoms with van der Waals surface area (Å²) in [4.78, 5) is 0. The van der Waals surface area contributed by atoms with Gasteiger partial charge < -0.3 is 5.32 Å². The van der Waals surface area contributed by atoms with Gasteiger partial charge in [0.25, 0.3) is 0 Å². The lowest BCUT2D eigenvalue weighted by molar-refractivity contribution is 0.448. The third-order valence-electron chi connectivity index (χ3n) is 3.05. The normalized spacial score (nSPS) is 17.6. The molecule has 0 saturated carbocycles. The largest absolute Gasteiger partial charge is 0.312 e. The first kappa shape index (κ1) is 12.3. The van der Waals surface area contributed by atoms with Crippen molar-refractivity contribution in [3.63, 3.8) is 0 Å². The van der Waals surface area contributed by atoms with Crippen molar-refractivity contribution in [3.8, 4) is 0 Å². The Bertz CT molecular complexity index is 323. The highest BCUT2D eigenvalue weighted by molar-refractivity contribution is 7.99. The fraction of sp³-hybridized carbons (Fsp3) is 0.538. The molecule has 0 radical (unpaired) electrons. The van der Waals surface area contributed by atoms with Crippen LogP contribution >= 0.6 is 23.4 Å². The van der Waals surface area contributed by atoms with Gasteiger partial charge in [-0.15, -0.1) is 0 Å². The van der Waals surface area contributed by atoms with E-state index in [4.69, 9.17) is 11.6 Å². The van der Waals surface area contributed by atoms with Crippen LogP contribution in [-0.2, 0) is 6.54 Å². The number of hydrogen-bond acceptors (Lipinski definition) is 2. The lowest BCUT2D eigenvalue weighted by atomic mass is 10.0. The molecule has 1 aliphatic rings. The van der Waals surface area contributed by atoms with Crippen LogP contribution in [0.4, 0.5) is 0 Å². The fourth-order valence-corrected chi connectivity index (χ4v) is 3.41. The van der Waals surface area contributed by atoms with E-state index in [0.717, 1.165) is 24.0 Å². The van der Waals surface area contributed by atoms with Crippen LogP contribution in [0, 0.1) is 5.92 Å². The minimum Gasteiger partial charge on any atom is -0.312 e. The second-order valence-corrected chi connectivity index (χ2v) is 5.91. The van der Waals surface area contributed by atoms with E-state index in [2.05, 4.69) is 23.1 Å². The maximum atomic E-state index is 6.10. The molecule has 1 saturated heterocycles. The Morgan fingerprint density at radius 2 is 2.00 bits per heavy atom. The Kier molecular flexibility index (Phi) is 5.01. The van der Waals surface area contributed by atoms with Gasteiger partial charge in [0.15, 0.2) is 0 Å².